The van der Waals surface area contributed by atoms with Crippen molar-refractivity contribution in [1.29, 1.82) is 0 Å². The molecule has 0 unspecified atom stereocenters. The standard InChI is InChI=1S/C7H11NO4S/c1-3-5-13(10,11)12-6-8-7(9)4-2/h3-4H,1-2,5-6H2,(H,8,9). The zero-order valence-corrected chi connectivity index (χ0v) is 7.84. The molecule has 0 aromatic heterocycles. The summed E-state index contributed by atoms with van der Waals surface area (Å²) >= 11 is 0. The van der Waals surface area contributed by atoms with Gasteiger partial charge in [-0.15, -0.1) is 6.58 Å². The predicted molar refractivity (Wildman–Crippen MR) is 48.3 cm³/mol. The van der Waals surface area contributed by atoms with Crippen molar-refractivity contribution in [2.24, 2.45) is 0 Å². The molecule has 0 saturated carbocycles. The van der Waals surface area contributed by atoms with Crippen LogP contribution in [0.2, 0.25) is 0 Å². The zero-order valence-electron chi connectivity index (χ0n) is 7.02. The second-order valence-corrected chi connectivity index (χ2v) is 3.70. The molecule has 0 heterocycles. The predicted octanol–water partition coefficient (Wildman–Crippen LogP) is -0.222. The molecule has 0 aliphatic carbocycles. The van der Waals surface area contributed by atoms with Gasteiger partial charge in [-0.3, -0.25) is 4.79 Å². The molecule has 13 heavy (non-hydrogen) atoms. The second-order valence-electron chi connectivity index (χ2n) is 2.02. The molecule has 0 atom stereocenters. The summed E-state index contributed by atoms with van der Waals surface area (Å²) in [5, 5.41) is 2.15. The third-order valence-electron chi connectivity index (χ3n) is 0.992. The number of rotatable bonds is 6. The summed E-state index contributed by atoms with van der Waals surface area (Å²) in [7, 11) is -3.60. The zero-order chi connectivity index (χ0) is 10.3. The van der Waals surface area contributed by atoms with Crippen LogP contribution >= 0.6 is 0 Å². The Kier molecular flexibility index (Phi) is 5.01. The van der Waals surface area contributed by atoms with Gasteiger partial charge < -0.3 is 5.32 Å². The van der Waals surface area contributed by atoms with Gasteiger partial charge >= 0.3 is 0 Å². The van der Waals surface area contributed by atoms with Crippen LogP contribution in [0.25, 0.3) is 0 Å². The average Bonchev–Trinajstić information content (AvgIpc) is 2.03. The van der Waals surface area contributed by atoms with Crippen molar-refractivity contribution >= 4 is 16.0 Å². The van der Waals surface area contributed by atoms with E-state index in [1.165, 1.54) is 6.08 Å². The first-order valence-electron chi connectivity index (χ1n) is 3.40. The first-order valence-corrected chi connectivity index (χ1v) is 4.98. The van der Waals surface area contributed by atoms with Crippen LogP contribution in [0.4, 0.5) is 0 Å². The van der Waals surface area contributed by atoms with E-state index in [4.69, 9.17) is 0 Å². The van der Waals surface area contributed by atoms with Gasteiger partial charge in [-0.05, 0) is 6.08 Å². The molecule has 0 rings (SSSR count). The maximum absolute atomic E-state index is 10.8. The quantitative estimate of drug-likeness (QED) is 0.281. The Hall–Kier alpha value is -1.14. The Morgan fingerprint density at radius 1 is 1.46 bits per heavy atom. The molecular formula is C7H11NO4S. The molecule has 1 amide bonds. The fourth-order valence-electron chi connectivity index (χ4n) is 0.455. The minimum atomic E-state index is -3.60. The molecule has 0 aromatic carbocycles. The molecular weight excluding hydrogens is 194 g/mol. The Labute approximate surface area is 77.2 Å². The lowest BCUT2D eigenvalue weighted by atomic mass is 10.6. The molecule has 0 fully saturated rings. The van der Waals surface area contributed by atoms with Crippen LogP contribution in [0.1, 0.15) is 0 Å². The third kappa shape index (κ3) is 6.06. The van der Waals surface area contributed by atoms with E-state index in [0.29, 0.717) is 0 Å². The molecule has 0 saturated heterocycles. The Balaban J connectivity index is 3.82. The largest absolute Gasteiger partial charge is 0.328 e. The summed E-state index contributed by atoms with van der Waals surface area (Å²) in [4.78, 5) is 10.5. The number of hydrogen-bond acceptors (Lipinski definition) is 4. The van der Waals surface area contributed by atoms with Gasteiger partial charge in [-0.25, -0.2) is 4.18 Å². The van der Waals surface area contributed by atoms with E-state index >= 15 is 0 Å². The third-order valence-corrected chi connectivity index (χ3v) is 2.11. The lowest BCUT2D eigenvalue weighted by molar-refractivity contribution is -0.117. The number of amides is 1. The molecule has 0 radical (unpaired) electrons. The molecule has 0 aromatic rings. The van der Waals surface area contributed by atoms with Gasteiger partial charge in [0, 0.05) is 0 Å². The highest BCUT2D eigenvalue weighted by atomic mass is 32.2. The summed E-state index contributed by atoms with van der Waals surface area (Å²) in [5.41, 5.74) is 0. The van der Waals surface area contributed by atoms with Crippen molar-refractivity contribution in [2.75, 3.05) is 12.5 Å². The van der Waals surface area contributed by atoms with Crippen LogP contribution in [0.3, 0.4) is 0 Å². The minimum absolute atomic E-state index is 0.281. The molecule has 0 aliphatic heterocycles. The fraction of sp³-hybridized carbons (Fsp3) is 0.286. The highest BCUT2D eigenvalue weighted by molar-refractivity contribution is 7.86. The van der Waals surface area contributed by atoms with Gasteiger partial charge in [0.05, 0.1) is 5.75 Å². The maximum Gasteiger partial charge on any atom is 0.272 e. The van der Waals surface area contributed by atoms with Crippen molar-refractivity contribution in [2.45, 2.75) is 0 Å². The number of carbonyl (C=O) groups excluding carboxylic acids is 1. The van der Waals surface area contributed by atoms with Crippen LogP contribution in [0, 0.1) is 0 Å². The Morgan fingerprint density at radius 2 is 2.08 bits per heavy atom. The number of nitrogens with one attached hydrogen (secondary N) is 1. The summed E-state index contributed by atoms with van der Waals surface area (Å²) in [6.45, 7) is 6.03. The molecule has 0 bridgehead atoms. The average molecular weight is 205 g/mol. The molecule has 0 spiro atoms. The monoisotopic (exact) mass is 205 g/mol. The smallest absolute Gasteiger partial charge is 0.272 e. The molecule has 1 N–H and O–H groups in total. The fourth-order valence-corrected chi connectivity index (χ4v) is 1.08. The van der Waals surface area contributed by atoms with Crippen LogP contribution < -0.4 is 5.32 Å². The number of carbonyl (C=O) groups is 1. The van der Waals surface area contributed by atoms with Crippen molar-refractivity contribution in [3.8, 4) is 0 Å². The maximum atomic E-state index is 10.8. The van der Waals surface area contributed by atoms with Gasteiger partial charge in [0.2, 0.25) is 5.91 Å². The van der Waals surface area contributed by atoms with E-state index in [9.17, 15) is 13.2 Å². The highest BCUT2D eigenvalue weighted by Gasteiger charge is 2.07. The van der Waals surface area contributed by atoms with Crippen molar-refractivity contribution in [1.82, 2.24) is 5.32 Å². The molecule has 5 nitrogen and oxygen atoms in total. The lowest BCUT2D eigenvalue weighted by Crippen LogP contribution is -2.26. The minimum Gasteiger partial charge on any atom is -0.328 e. The van der Waals surface area contributed by atoms with Gasteiger partial charge in [-0.1, -0.05) is 12.7 Å². The summed E-state index contributed by atoms with van der Waals surface area (Å²) in [6, 6.07) is 0. The Morgan fingerprint density at radius 3 is 2.54 bits per heavy atom. The van der Waals surface area contributed by atoms with Crippen LogP contribution in [-0.4, -0.2) is 26.8 Å². The molecule has 6 heteroatoms. The molecule has 0 aliphatic rings. The lowest BCUT2D eigenvalue weighted by Gasteiger charge is -2.02. The van der Waals surface area contributed by atoms with Gasteiger partial charge in [0.15, 0.2) is 0 Å². The first kappa shape index (κ1) is 11.9. The summed E-state index contributed by atoms with van der Waals surface area (Å²) < 4.78 is 26.0. The topological polar surface area (TPSA) is 72.5 Å². The second kappa shape index (κ2) is 5.50. The van der Waals surface area contributed by atoms with Crippen molar-refractivity contribution in [3.05, 3.63) is 25.3 Å². The SMILES string of the molecule is C=CCS(=O)(=O)OCNC(=O)C=C. The van der Waals surface area contributed by atoms with Gasteiger partial charge in [0.1, 0.15) is 6.73 Å². The Bertz CT molecular complexity index is 294. The van der Waals surface area contributed by atoms with Crippen LogP contribution in [0.5, 0.6) is 0 Å². The van der Waals surface area contributed by atoms with E-state index < -0.39 is 16.0 Å². The van der Waals surface area contributed by atoms with Crippen LogP contribution in [-0.2, 0) is 19.1 Å². The van der Waals surface area contributed by atoms with E-state index in [-0.39, 0.29) is 12.5 Å². The highest BCUT2D eigenvalue weighted by Crippen LogP contribution is 1.91. The van der Waals surface area contributed by atoms with E-state index in [0.717, 1.165) is 6.08 Å². The van der Waals surface area contributed by atoms with E-state index in [1.807, 2.05) is 0 Å². The summed E-state index contributed by atoms with van der Waals surface area (Å²) in [6.07, 6.45) is 2.22. The van der Waals surface area contributed by atoms with Crippen LogP contribution in [0.15, 0.2) is 25.3 Å². The van der Waals surface area contributed by atoms with E-state index in [1.54, 1.807) is 0 Å². The van der Waals surface area contributed by atoms with E-state index in [2.05, 4.69) is 22.7 Å². The van der Waals surface area contributed by atoms with Crippen molar-refractivity contribution in [3.63, 3.8) is 0 Å². The molecule has 74 valence electrons. The summed E-state index contributed by atoms with van der Waals surface area (Å²) in [5.74, 6) is -0.773. The van der Waals surface area contributed by atoms with Crippen molar-refractivity contribution < 1.29 is 17.4 Å². The first-order chi connectivity index (χ1) is 6.02. The van der Waals surface area contributed by atoms with Gasteiger partial charge in [0.25, 0.3) is 10.1 Å². The van der Waals surface area contributed by atoms with Gasteiger partial charge in [-0.2, -0.15) is 8.42 Å². The number of hydrogen-bond donors (Lipinski definition) is 1. The normalized spacial score (nSPS) is 10.5.